The van der Waals surface area contributed by atoms with Gasteiger partial charge < -0.3 is 10.5 Å². The van der Waals surface area contributed by atoms with Crippen molar-refractivity contribution in [3.05, 3.63) is 51.3 Å². The SMILES string of the molecule is Cc1ccc(-n2nc(C(=O)OC(C)(C)C)c3csc(N)c3c2=O)cc1. The van der Waals surface area contributed by atoms with Crippen LogP contribution in [0.25, 0.3) is 16.5 Å². The molecular weight excluding hydrogens is 338 g/mol. The molecule has 0 unspecified atom stereocenters. The van der Waals surface area contributed by atoms with Gasteiger partial charge in [0.25, 0.3) is 5.56 Å². The Morgan fingerprint density at radius 1 is 1.24 bits per heavy atom. The van der Waals surface area contributed by atoms with E-state index in [4.69, 9.17) is 10.5 Å². The number of fused-ring (bicyclic) bond motifs is 1. The lowest BCUT2D eigenvalue weighted by Gasteiger charge is -2.19. The van der Waals surface area contributed by atoms with Crippen LogP contribution in [0, 0.1) is 6.92 Å². The van der Waals surface area contributed by atoms with E-state index >= 15 is 0 Å². The molecule has 0 amide bonds. The van der Waals surface area contributed by atoms with Gasteiger partial charge in [0, 0.05) is 10.8 Å². The van der Waals surface area contributed by atoms with Crippen LogP contribution in [0.15, 0.2) is 34.4 Å². The summed E-state index contributed by atoms with van der Waals surface area (Å²) >= 11 is 1.20. The number of carbonyl (C=O) groups excluding carboxylic acids is 1. The molecule has 25 heavy (non-hydrogen) atoms. The highest BCUT2D eigenvalue weighted by atomic mass is 32.1. The van der Waals surface area contributed by atoms with Crippen molar-refractivity contribution in [3.63, 3.8) is 0 Å². The molecule has 0 fully saturated rings. The molecule has 3 rings (SSSR count). The predicted octanol–water partition coefficient (Wildman–Crippen LogP) is 3.29. The van der Waals surface area contributed by atoms with E-state index in [0.717, 1.165) is 5.56 Å². The van der Waals surface area contributed by atoms with Crippen LogP contribution in [0.1, 0.15) is 36.8 Å². The zero-order chi connectivity index (χ0) is 18.4. The Bertz CT molecular complexity index is 1010. The fraction of sp³-hybridized carbons (Fsp3) is 0.278. The van der Waals surface area contributed by atoms with Crippen molar-refractivity contribution in [3.8, 4) is 5.69 Å². The number of thiophene rings is 1. The highest BCUT2D eigenvalue weighted by Crippen LogP contribution is 2.28. The Morgan fingerprint density at radius 3 is 2.48 bits per heavy atom. The summed E-state index contributed by atoms with van der Waals surface area (Å²) in [6.07, 6.45) is 0. The van der Waals surface area contributed by atoms with E-state index in [1.807, 2.05) is 19.1 Å². The number of aromatic nitrogens is 2. The average Bonchev–Trinajstić information content (AvgIpc) is 2.89. The number of nitrogens with two attached hydrogens (primary N) is 1. The van der Waals surface area contributed by atoms with Crippen LogP contribution in [-0.4, -0.2) is 21.4 Å². The van der Waals surface area contributed by atoms with E-state index in [2.05, 4.69) is 5.10 Å². The molecule has 0 saturated heterocycles. The molecule has 0 saturated carbocycles. The lowest BCUT2D eigenvalue weighted by atomic mass is 10.2. The number of ether oxygens (including phenoxy) is 1. The molecule has 6 nitrogen and oxygen atoms in total. The molecule has 0 spiro atoms. The second kappa shape index (κ2) is 6.00. The normalized spacial score (nSPS) is 11.7. The first-order chi connectivity index (χ1) is 11.7. The Hall–Kier alpha value is -2.67. The van der Waals surface area contributed by atoms with Crippen molar-refractivity contribution in [1.29, 1.82) is 0 Å². The summed E-state index contributed by atoms with van der Waals surface area (Å²) in [6.45, 7) is 7.28. The van der Waals surface area contributed by atoms with Crippen LogP contribution >= 0.6 is 11.3 Å². The molecular formula is C18H19N3O3S. The van der Waals surface area contributed by atoms with Gasteiger partial charge in [0.1, 0.15) is 5.60 Å². The van der Waals surface area contributed by atoms with Gasteiger partial charge in [-0.15, -0.1) is 11.3 Å². The summed E-state index contributed by atoms with van der Waals surface area (Å²) in [5, 5.41) is 7.01. The molecule has 2 aromatic heterocycles. The van der Waals surface area contributed by atoms with Gasteiger partial charge >= 0.3 is 5.97 Å². The predicted molar refractivity (Wildman–Crippen MR) is 99.5 cm³/mol. The number of hydrogen-bond acceptors (Lipinski definition) is 6. The van der Waals surface area contributed by atoms with Gasteiger partial charge in [0.2, 0.25) is 0 Å². The number of anilines is 1. The molecule has 1 aromatic carbocycles. The molecule has 0 aliphatic rings. The van der Waals surface area contributed by atoms with Gasteiger partial charge in [-0.2, -0.15) is 9.78 Å². The lowest BCUT2D eigenvalue weighted by Crippen LogP contribution is -2.28. The summed E-state index contributed by atoms with van der Waals surface area (Å²) in [4.78, 5) is 25.4. The van der Waals surface area contributed by atoms with E-state index < -0.39 is 11.6 Å². The topological polar surface area (TPSA) is 87.2 Å². The molecule has 2 N–H and O–H groups in total. The molecule has 3 aromatic rings. The second-order valence-corrected chi connectivity index (χ2v) is 7.70. The first-order valence-electron chi connectivity index (χ1n) is 7.78. The van der Waals surface area contributed by atoms with E-state index in [1.54, 1.807) is 38.3 Å². The van der Waals surface area contributed by atoms with Gasteiger partial charge in [-0.25, -0.2) is 4.79 Å². The molecule has 0 aliphatic heterocycles. The number of aryl methyl sites for hydroxylation is 1. The third-order valence-electron chi connectivity index (χ3n) is 3.55. The third kappa shape index (κ3) is 3.28. The van der Waals surface area contributed by atoms with E-state index in [1.165, 1.54) is 16.0 Å². The zero-order valence-corrected chi connectivity index (χ0v) is 15.3. The summed E-state index contributed by atoms with van der Waals surface area (Å²) in [5.74, 6) is -0.587. The van der Waals surface area contributed by atoms with Crippen molar-refractivity contribution in [2.75, 3.05) is 5.73 Å². The molecule has 0 bridgehead atoms. The number of hydrogen-bond donors (Lipinski definition) is 1. The second-order valence-electron chi connectivity index (χ2n) is 6.79. The maximum absolute atomic E-state index is 12.8. The third-order valence-corrected chi connectivity index (χ3v) is 4.36. The number of nitrogens with zero attached hydrogens (tertiary/aromatic N) is 2. The highest BCUT2D eigenvalue weighted by molar-refractivity contribution is 7.15. The first-order valence-corrected chi connectivity index (χ1v) is 8.66. The van der Waals surface area contributed by atoms with Gasteiger partial charge in [0.15, 0.2) is 5.69 Å². The van der Waals surface area contributed by atoms with Gasteiger partial charge in [-0.1, -0.05) is 17.7 Å². The number of nitrogen functional groups attached to an aromatic ring is 1. The van der Waals surface area contributed by atoms with Crippen LogP contribution in [0.2, 0.25) is 0 Å². The fourth-order valence-corrected chi connectivity index (χ4v) is 3.20. The van der Waals surface area contributed by atoms with Crippen LogP contribution < -0.4 is 11.3 Å². The lowest BCUT2D eigenvalue weighted by molar-refractivity contribution is 0.00635. The van der Waals surface area contributed by atoms with E-state index in [0.29, 0.717) is 21.5 Å². The minimum absolute atomic E-state index is 0.0815. The number of rotatable bonds is 2. The number of benzene rings is 1. The molecule has 7 heteroatoms. The van der Waals surface area contributed by atoms with Crippen molar-refractivity contribution in [2.45, 2.75) is 33.3 Å². The van der Waals surface area contributed by atoms with Crippen molar-refractivity contribution in [2.24, 2.45) is 0 Å². The smallest absolute Gasteiger partial charge is 0.360 e. The van der Waals surface area contributed by atoms with Crippen LogP contribution in [-0.2, 0) is 4.74 Å². The van der Waals surface area contributed by atoms with Crippen LogP contribution in [0.3, 0.4) is 0 Å². The standard InChI is InChI=1S/C18H19N3O3S/c1-10-5-7-11(8-6-10)21-16(22)13-12(9-25-15(13)19)14(20-21)17(23)24-18(2,3)4/h5-9H,19H2,1-4H3. The van der Waals surface area contributed by atoms with E-state index in [-0.39, 0.29) is 11.3 Å². The Morgan fingerprint density at radius 2 is 1.88 bits per heavy atom. The Labute approximate surface area is 148 Å². The van der Waals surface area contributed by atoms with E-state index in [9.17, 15) is 9.59 Å². The molecule has 130 valence electrons. The minimum atomic E-state index is -0.669. The summed E-state index contributed by atoms with van der Waals surface area (Å²) < 4.78 is 6.64. The quantitative estimate of drug-likeness (QED) is 0.711. The molecule has 0 aliphatic carbocycles. The first kappa shape index (κ1) is 17.2. The minimum Gasteiger partial charge on any atom is -0.455 e. The van der Waals surface area contributed by atoms with Crippen molar-refractivity contribution in [1.82, 2.24) is 9.78 Å². The van der Waals surface area contributed by atoms with Gasteiger partial charge in [-0.3, -0.25) is 4.79 Å². The van der Waals surface area contributed by atoms with Crippen molar-refractivity contribution >= 4 is 33.1 Å². The number of esters is 1. The summed E-state index contributed by atoms with van der Waals surface area (Å²) in [5.41, 5.74) is 6.64. The largest absolute Gasteiger partial charge is 0.455 e. The Balaban J connectivity index is 2.27. The molecule has 0 atom stereocenters. The van der Waals surface area contributed by atoms with Crippen LogP contribution in [0.5, 0.6) is 0 Å². The van der Waals surface area contributed by atoms with Crippen molar-refractivity contribution < 1.29 is 9.53 Å². The maximum Gasteiger partial charge on any atom is 0.360 e. The van der Waals surface area contributed by atoms with Crippen LogP contribution in [0.4, 0.5) is 5.00 Å². The fourth-order valence-electron chi connectivity index (χ4n) is 2.41. The zero-order valence-electron chi connectivity index (χ0n) is 14.5. The highest BCUT2D eigenvalue weighted by Gasteiger charge is 2.25. The van der Waals surface area contributed by atoms with Gasteiger partial charge in [-0.05, 0) is 39.8 Å². The summed E-state index contributed by atoms with van der Waals surface area (Å²) in [6, 6.07) is 7.30. The molecule has 2 heterocycles. The maximum atomic E-state index is 12.8. The Kier molecular flexibility index (Phi) is 4.12. The average molecular weight is 357 g/mol. The monoisotopic (exact) mass is 357 g/mol. The number of carbonyl (C=O) groups is 1. The molecule has 0 radical (unpaired) electrons. The van der Waals surface area contributed by atoms with Gasteiger partial charge in [0.05, 0.1) is 16.1 Å². The summed E-state index contributed by atoms with van der Waals surface area (Å²) in [7, 11) is 0.